The van der Waals surface area contributed by atoms with Crippen LogP contribution in [-0.4, -0.2) is 51.1 Å². The van der Waals surface area contributed by atoms with Gasteiger partial charge in [0.1, 0.15) is 16.8 Å². The van der Waals surface area contributed by atoms with Crippen LogP contribution in [0.2, 0.25) is 0 Å². The Morgan fingerprint density at radius 3 is 2.68 bits per heavy atom. The molecular formula is C19H24BrN5O2S. The highest BCUT2D eigenvalue weighted by Gasteiger charge is 2.39. The molecule has 2 aliphatic heterocycles. The predicted molar refractivity (Wildman–Crippen MR) is 112 cm³/mol. The highest BCUT2D eigenvalue weighted by molar-refractivity contribution is 9.10. The van der Waals surface area contributed by atoms with Gasteiger partial charge in [-0.15, -0.1) is 10.2 Å². The lowest BCUT2D eigenvalue weighted by molar-refractivity contribution is -0.131. The highest BCUT2D eigenvalue weighted by atomic mass is 79.9. The summed E-state index contributed by atoms with van der Waals surface area (Å²) in [6.45, 7) is 3.57. The number of fused-ring (bicyclic) bond motifs is 1. The Labute approximate surface area is 177 Å². The van der Waals surface area contributed by atoms with Crippen molar-refractivity contribution >= 4 is 33.6 Å². The summed E-state index contributed by atoms with van der Waals surface area (Å²) in [5.41, 5.74) is 4.49. The number of amides is 1. The number of nitrogens with one attached hydrogen (secondary N) is 1. The fourth-order valence-corrected chi connectivity index (χ4v) is 5.51. The number of thioether (sulfide) groups is 1. The molecule has 2 aromatic rings. The highest BCUT2D eigenvalue weighted by Crippen LogP contribution is 2.39. The van der Waals surface area contributed by atoms with Crippen LogP contribution in [0.25, 0.3) is 0 Å². The fourth-order valence-electron chi connectivity index (χ4n) is 3.75. The third kappa shape index (κ3) is 3.74. The number of carbonyl (C=O) groups is 1. The van der Waals surface area contributed by atoms with Crippen molar-refractivity contribution in [3.05, 3.63) is 34.1 Å². The smallest absolute Gasteiger partial charge is 0.238 e. The first kappa shape index (κ1) is 19.6. The van der Waals surface area contributed by atoms with Crippen molar-refractivity contribution in [2.45, 2.75) is 49.1 Å². The van der Waals surface area contributed by atoms with Crippen LogP contribution in [0.15, 0.2) is 27.8 Å². The lowest BCUT2D eigenvalue weighted by atomic mass is 10.0. The maximum Gasteiger partial charge on any atom is 0.238 e. The number of hydrogen-bond acceptors (Lipinski definition) is 6. The molecule has 1 aromatic carbocycles. The molecule has 0 aliphatic carbocycles. The van der Waals surface area contributed by atoms with Gasteiger partial charge in [0.05, 0.1) is 17.6 Å². The van der Waals surface area contributed by atoms with Gasteiger partial charge in [-0.3, -0.25) is 4.79 Å². The molecule has 2 atom stereocenters. The Hall–Kier alpha value is -1.74. The lowest BCUT2D eigenvalue weighted by Gasteiger charge is -2.35. The van der Waals surface area contributed by atoms with Gasteiger partial charge >= 0.3 is 0 Å². The molecule has 1 fully saturated rings. The average Bonchev–Trinajstić information content (AvgIpc) is 2.90. The van der Waals surface area contributed by atoms with Crippen molar-refractivity contribution < 1.29 is 9.53 Å². The van der Waals surface area contributed by atoms with Gasteiger partial charge in [0.15, 0.2) is 0 Å². The molecule has 9 heteroatoms. The molecule has 1 saturated heterocycles. The van der Waals surface area contributed by atoms with Gasteiger partial charge in [-0.1, -0.05) is 30.7 Å². The third-order valence-electron chi connectivity index (χ3n) is 5.29. The van der Waals surface area contributed by atoms with Crippen molar-refractivity contribution in [1.29, 1.82) is 0 Å². The van der Waals surface area contributed by atoms with Gasteiger partial charge in [-0.25, -0.2) is 4.68 Å². The topological polar surface area (TPSA) is 72.3 Å². The second-order valence-corrected chi connectivity index (χ2v) is 9.11. The molecule has 4 rings (SSSR count). The summed E-state index contributed by atoms with van der Waals surface area (Å²) in [6, 6.07) is 5.76. The van der Waals surface area contributed by atoms with Crippen LogP contribution in [-0.2, 0) is 4.79 Å². The van der Waals surface area contributed by atoms with E-state index in [9.17, 15) is 4.79 Å². The molecule has 0 saturated carbocycles. The molecule has 2 aliphatic rings. The third-order valence-corrected chi connectivity index (χ3v) is 7.12. The SMILES string of the molecule is COc1ccc([C@@H]2Nn3c(C)nnc3S[C@@H]2C(=O)N2CCCCCC2)cc1Br. The van der Waals surface area contributed by atoms with E-state index in [2.05, 4.69) is 31.6 Å². The minimum atomic E-state index is -0.297. The van der Waals surface area contributed by atoms with E-state index in [0.717, 1.165) is 52.7 Å². The average molecular weight is 466 g/mol. The van der Waals surface area contributed by atoms with Crippen LogP contribution < -0.4 is 10.2 Å². The van der Waals surface area contributed by atoms with Crippen molar-refractivity contribution in [2.24, 2.45) is 0 Å². The number of aromatic nitrogens is 3. The minimum Gasteiger partial charge on any atom is -0.496 e. The first-order valence-corrected chi connectivity index (χ1v) is 11.2. The predicted octanol–water partition coefficient (Wildman–Crippen LogP) is 3.52. The molecule has 0 radical (unpaired) electrons. The quantitative estimate of drug-likeness (QED) is 0.747. The Balaban J connectivity index is 1.68. The van der Waals surface area contributed by atoms with E-state index in [1.165, 1.54) is 24.6 Å². The van der Waals surface area contributed by atoms with Crippen LogP contribution in [0.1, 0.15) is 43.1 Å². The van der Waals surface area contributed by atoms with Crippen LogP contribution >= 0.6 is 27.7 Å². The van der Waals surface area contributed by atoms with Gasteiger partial charge in [-0.05, 0) is 53.4 Å². The number of halogens is 1. The summed E-state index contributed by atoms with van der Waals surface area (Å²) >= 11 is 5.06. The van der Waals surface area contributed by atoms with E-state index in [0.29, 0.717) is 0 Å². The first-order valence-electron chi connectivity index (χ1n) is 9.56. The van der Waals surface area contributed by atoms with Gasteiger partial charge in [0, 0.05) is 13.1 Å². The van der Waals surface area contributed by atoms with Crippen molar-refractivity contribution in [3.8, 4) is 5.75 Å². The zero-order chi connectivity index (χ0) is 19.7. The van der Waals surface area contributed by atoms with E-state index in [1.54, 1.807) is 7.11 Å². The molecule has 1 N–H and O–H groups in total. The van der Waals surface area contributed by atoms with E-state index in [-0.39, 0.29) is 17.2 Å². The van der Waals surface area contributed by atoms with Gasteiger partial charge in [0.25, 0.3) is 0 Å². The van der Waals surface area contributed by atoms with Gasteiger partial charge in [-0.2, -0.15) is 0 Å². The van der Waals surface area contributed by atoms with Gasteiger partial charge in [0.2, 0.25) is 11.1 Å². The van der Waals surface area contributed by atoms with Crippen molar-refractivity contribution in [2.75, 3.05) is 25.6 Å². The number of likely N-dealkylation sites (tertiary alicyclic amines) is 1. The molecule has 28 heavy (non-hydrogen) atoms. The molecule has 1 amide bonds. The van der Waals surface area contributed by atoms with Crippen molar-refractivity contribution in [1.82, 2.24) is 19.8 Å². The van der Waals surface area contributed by atoms with Crippen LogP contribution in [0.4, 0.5) is 0 Å². The Bertz CT molecular complexity index is 866. The molecular weight excluding hydrogens is 442 g/mol. The normalized spacial score (nSPS) is 22.2. The summed E-state index contributed by atoms with van der Waals surface area (Å²) in [6.07, 6.45) is 4.54. The summed E-state index contributed by atoms with van der Waals surface area (Å²) in [5.74, 6) is 1.72. The Morgan fingerprint density at radius 1 is 1.25 bits per heavy atom. The number of carbonyl (C=O) groups excluding carboxylic acids is 1. The van der Waals surface area contributed by atoms with E-state index < -0.39 is 0 Å². The standard InChI is InChI=1S/C19H24BrN5O2S/c1-12-21-22-19-25(12)23-16(13-7-8-15(27-2)14(20)11-13)17(28-19)18(26)24-9-5-3-4-6-10-24/h7-8,11,16-17,23H,3-6,9-10H2,1-2H3/t16-,17-/m0/s1. The molecule has 0 bridgehead atoms. The number of benzene rings is 1. The maximum atomic E-state index is 13.5. The largest absolute Gasteiger partial charge is 0.496 e. The van der Waals surface area contributed by atoms with E-state index >= 15 is 0 Å². The number of nitrogens with zero attached hydrogens (tertiary/aromatic N) is 4. The molecule has 150 valence electrons. The zero-order valence-corrected chi connectivity index (χ0v) is 18.4. The molecule has 3 heterocycles. The number of hydrogen-bond donors (Lipinski definition) is 1. The monoisotopic (exact) mass is 465 g/mol. The van der Waals surface area contributed by atoms with Crippen molar-refractivity contribution in [3.63, 3.8) is 0 Å². The zero-order valence-electron chi connectivity index (χ0n) is 16.0. The summed E-state index contributed by atoms with van der Waals surface area (Å²) in [7, 11) is 1.65. The minimum absolute atomic E-state index is 0.170. The van der Waals surface area contributed by atoms with Crippen LogP contribution in [0.5, 0.6) is 5.75 Å². The lowest BCUT2D eigenvalue weighted by Crippen LogP contribution is -2.46. The number of methoxy groups -OCH3 is 1. The van der Waals surface area contributed by atoms with E-state index in [4.69, 9.17) is 4.74 Å². The number of ether oxygens (including phenoxy) is 1. The number of rotatable bonds is 3. The molecule has 7 nitrogen and oxygen atoms in total. The summed E-state index contributed by atoms with van der Waals surface area (Å²) < 4.78 is 8.10. The van der Waals surface area contributed by atoms with Gasteiger partial charge < -0.3 is 15.1 Å². The second kappa shape index (κ2) is 8.32. The van der Waals surface area contributed by atoms with Crippen LogP contribution in [0, 0.1) is 6.92 Å². The Morgan fingerprint density at radius 2 is 2.00 bits per heavy atom. The number of aryl methyl sites for hydroxylation is 1. The summed E-state index contributed by atoms with van der Waals surface area (Å²) in [4.78, 5) is 15.5. The Kier molecular flexibility index (Phi) is 5.82. The molecule has 0 unspecified atom stereocenters. The van der Waals surface area contributed by atoms with Crippen LogP contribution in [0.3, 0.4) is 0 Å². The fraction of sp³-hybridized carbons (Fsp3) is 0.526. The second-order valence-electron chi connectivity index (χ2n) is 7.14. The molecule has 0 spiro atoms. The van der Waals surface area contributed by atoms with E-state index in [1.807, 2.05) is 34.7 Å². The molecule has 1 aromatic heterocycles. The first-order chi connectivity index (χ1) is 13.6. The summed E-state index contributed by atoms with van der Waals surface area (Å²) in [5, 5.41) is 8.84. The maximum absolute atomic E-state index is 13.5.